The third kappa shape index (κ3) is 5.99. The van der Waals surface area contributed by atoms with Gasteiger partial charge in [-0.15, -0.1) is 0 Å². The average Bonchev–Trinajstić information content (AvgIpc) is 3.46. The number of ketones is 1. The van der Waals surface area contributed by atoms with Gasteiger partial charge in [-0.2, -0.15) is 10.1 Å². The summed E-state index contributed by atoms with van der Waals surface area (Å²) < 4.78 is 28.8. The number of halogens is 2. The molecule has 1 unspecified atom stereocenters. The summed E-state index contributed by atoms with van der Waals surface area (Å²) in [7, 11) is 0. The van der Waals surface area contributed by atoms with E-state index in [9.17, 15) is 18.7 Å². The van der Waals surface area contributed by atoms with E-state index < -0.39 is 17.7 Å². The maximum absolute atomic E-state index is 13.6. The minimum absolute atomic E-state index is 0.0299. The summed E-state index contributed by atoms with van der Waals surface area (Å²) >= 11 is 0. The predicted octanol–water partition coefficient (Wildman–Crippen LogP) is 3.11. The monoisotopic (exact) mass is 537 g/mol. The van der Waals surface area contributed by atoms with Crippen LogP contribution in [0, 0.1) is 24.5 Å². The van der Waals surface area contributed by atoms with Crippen LogP contribution >= 0.6 is 0 Å². The summed E-state index contributed by atoms with van der Waals surface area (Å²) in [5.41, 5.74) is 9.05. The lowest BCUT2D eigenvalue weighted by molar-refractivity contribution is -0.121. The predicted molar refractivity (Wildman–Crippen MR) is 145 cm³/mol. The van der Waals surface area contributed by atoms with Gasteiger partial charge in [-0.3, -0.25) is 9.69 Å². The van der Waals surface area contributed by atoms with Crippen molar-refractivity contribution in [2.24, 2.45) is 5.92 Å². The highest BCUT2D eigenvalue weighted by atomic mass is 19.1. The number of nitrogens with zero attached hydrogens (tertiary/aromatic N) is 6. The van der Waals surface area contributed by atoms with Gasteiger partial charge in [0, 0.05) is 67.9 Å². The number of Topliss-reactive ketones (excluding diaryl/α,β-unsaturated/α-hetero) is 1. The normalized spacial score (nSPS) is 22.2. The number of hydrogen-bond acceptors (Lipinski definition) is 8. The zero-order valence-electron chi connectivity index (χ0n) is 22.1. The van der Waals surface area contributed by atoms with Gasteiger partial charge in [-0.05, 0) is 38.8 Å². The van der Waals surface area contributed by atoms with Crippen molar-refractivity contribution in [1.29, 1.82) is 0 Å². The number of carbonyl (C=O) groups is 1. The number of rotatable bonds is 7. The van der Waals surface area contributed by atoms with E-state index >= 15 is 0 Å². The van der Waals surface area contributed by atoms with Crippen LogP contribution in [0.15, 0.2) is 36.5 Å². The van der Waals surface area contributed by atoms with Crippen molar-refractivity contribution in [3.05, 3.63) is 65.1 Å². The number of aliphatic hydroxyl groups is 1. The maximum atomic E-state index is 13.6. The summed E-state index contributed by atoms with van der Waals surface area (Å²) in [6.45, 7) is 7.15. The number of aliphatic hydroxyl groups excluding tert-OH is 1. The van der Waals surface area contributed by atoms with Gasteiger partial charge in [0.1, 0.15) is 17.4 Å². The molecule has 2 aromatic heterocycles. The second-order valence-corrected chi connectivity index (χ2v) is 10.4. The summed E-state index contributed by atoms with van der Waals surface area (Å²) in [6.07, 6.45) is 6.19. The minimum Gasteiger partial charge on any atom is -0.393 e. The second kappa shape index (κ2) is 11.2. The number of anilines is 2. The molecular formula is C28H33F2N7O2. The highest BCUT2D eigenvalue weighted by molar-refractivity contribution is 5.79. The van der Waals surface area contributed by atoms with Gasteiger partial charge in [0.05, 0.1) is 23.7 Å². The molecule has 1 aromatic carbocycles. The molecule has 3 aromatic rings. The molecule has 1 aliphatic carbocycles. The molecule has 9 nitrogen and oxygen atoms in total. The summed E-state index contributed by atoms with van der Waals surface area (Å²) in [5, 5.41) is 14.7. The SMILES string of the molecule is CC(=O)[C@@H]1C[C@@H](O)CC1c1cc(-n2ncc(/C=C/CN3CCN(c4cc(F)cc(F)c4)CC3)c2C)nc(N)n1. The number of nitrogens with two attached hydrogens (primary N) is 1. The molecule has 0 bridgehead atoms. The molecule has 5 rings (SSSR count). The Morgan fingerprint density at radius 2 is 1.82 bits per heavy atom. The number of carbonyl (C=O) groups excluding carboxylic acids is 1. The first-order chi connectivity index (χ1) is 18.7. The van der Waals surface area contributed by atoms with Crippen molar-refractivity contribution in [3.8, 4) is 5.82 Å². The molecule has 1 saturated carbocycles. The van der Waals surface area contributed by atoms with E-state index in [2.05, 4.69) is 26.0 Å². The lowest BCUT2D eigenvalue weighted by Crippen LogP contribution is -2.46. The van der Waals surface area contributed by atoms with Crippen LogP contribution in [-0.4, -0.2) is 74.4 Å². The second-order valence-electron chi connectivity index (χ2n) is 10.4. The summed E-state index contributed by atoms with van der Waals surface area (Å²) in [4.78, 5) is 25.2. The minimum atomic E-state index is -0.565. The number of hydrogen-bond donors (Lipinski definition) is 2. The van der Waals surface area contributed by atoms with E-state index in [1.165, 1.54) is 12.1 Å². The van der Waals surface area contributed by atoms with Crippen molar-refractivity contribution in [2.75, 3.05) is 43.4 Å². The quantitative estimate of drug-likeness (QED) is 0.473. The van der Waals surface area contributed by atoms with E-state index in [-0.39, 0.29) is 23.6 Å². The molecule has 206 valence electrons. The molecule has 3 atom stereocenters. The largest absolute Gasteiger partial charge is 0.393 e. The molecule has 2 fully saturated rings. The van der Waals surface area contributed by atoms with Crippen LogP contribution in [0.25, 0.3) is 11.9 Å². The van der Waals surface area contributed by atoms with E-state index in [0.29, 0.717) is 43.1 Å². The van der Waals surface area contributed by atoms with Crippen molar-refractivity contribution < 1.29 is 18.7 Å². The maximum Gasteiger partial charge on any atom is 0.222 e. The van der Waals surface area contributed by atoms with E-state index in [0.717, 1.165) is 37.0 Å². The molecule has 11 heteroatoms. The van der Waals surface area contributed by atoms with Crippen molar-refractivity contribution in [1.82, 2.24) is 24.6 Å². The fourth-order valence-electron chi connectivity index (χ4n) is 5.61. The van der Waals surface area contributed by atoms with Gasteiger partial charge in [0.2, 0.25) is 5.95 Å². The summed E-state index contributed by atoms with van der Waals surface area (Å²) in [6, 6.07) is 5.42. The average molecular weight is 538 g/mol. The third-order valence-corrected chi connectivity index (χ3v) is 7.70. The fraction of sp³-hybridized carbons (Fsp3) is 0.429. The Bertz CT molecular complexity index is 1360. The van der Waals surface area contributed by atoms with E-state index in [1.807, 2.05) is 17.9 Å². The molecule has 2 aliphatic rings. The topological polar surface area (TPSA) is 113 Å². The Kier molecular flexibility index (Phi) is 7.72. The Labute approximate surface area is 226 Å². The zero-order chi connectivity index (χ0) is 27.7. The van der Waals surface area contributed by atoms with Gasteiger partial charge in [0.15, 0.2) is 5.82 Å². The lowest BCUT2D eigenvalue weighted by atomic mass is 9.90. The Morgan fingerprint density at radius 1 is 1.10 bits per heavy atom. The highest BCUT2D eigenvalue weighted by Gasteiger charge is 2.38. The van der Waals surface area contributed by atoms with Crippen LogP contribution in [0.4, 0.5) is 20.4 Å². The van der Waals surface area contributed by atoms with Crippen LogP contribution in [0.1, 0.15) is 42.6 Å². The number of aromatic nitrogens is 4. The molecule has 3 N–H and O–H groups in total. The third-order valence-electron chi connectivity index (χ3n) is 7.70. The fourth-order valence-corrected chi connectivity index (χ4v) is 5.61. The van der Waals surface area contributed by atoms with Gasteiger partial charge in [0.25, 0.3) is 0 Å². The smallest absolute Gasteiger partial charge is 0.222 e. The molecule has 0 spiro atoms. The number of piperazine rings is 1. The Hall–Kier alpha value is -3.70. The van der Waals surface area contributed by atoms with Crippen LogP contribution < -0.4 is 10.6 Å². The van der Waals surface area contributed by atoms with Crippen LogP contribution in [0.5, 0.6) is 0 Å². The Morgan fingerprint density at radius 3 is 2.51 bits per heavy atom. The van der Waals surface area contributed by atoms with Gasteiger partial charge in [-0.25, -0.2) is 18.4 Å². The molecule has 3 heterocycles. The number of benzene rings is 1. The van der Waals surface area contributed by atoms with E-state index in [1.54, 1.807) is 23.9 Å². The van der Waals surface area contributed by atoms with Gasteiger partial charge >= 0.3 is 0 Å². The van der Waals surface area contributed by atoms with Crippen molar-refractivity contribution in [3.63, 3.8) is 0 Å². The molecule has 39 heavy (non-hydrogen) atoms. The van der Waals surface area contributed by atoms with Gasteiger partial charge in [-0.1, -0.05) is 12.2 Å². The Balaban J connectivity index is 1.24. The first-order valence-corrected chi connectivity index (χ1v) is 13.2. The van der Waals surface area contributed by atoms with Gasteiger partial charge < -0.3 is 15.7 Å². The molecule has 0 radical (unpaired) electrons. The van der Waals surface area contributed by atoms with Crippen molar-refractivity contribution in [2.45, 2.75) is 38.7 Å². The standard InChI is InChI=1S/C28H33F2N7O2/c1-17-19(4-3-5-35-6-8-36(9-7-35)22-11-20(29)10-21(30)12-22)16-32-37(17)27-15-26(33-28(31)34-27)25-14-23(39)13-24(25)18(2)38/h3-4,10-12,15-16,23-25,39H,5-9,13-14H2,1-2H3,(H2,31,33,34)/b4-3+/t23-,24+,25?/m1/s1. The van der Waals surface area contributed by atoms with Crippen LogP contribution in [0.2, 0.25) is 0 Å². The first kappa shape index (κ1) is 26.9. The molecule has 1 saturated heterocycles. The zero-order valence-corrected chi connectivity index (χ0v) is 22.1. The summed E-state index contributed by atoms with van der Waals surface area (Å²) in [5.74, 6) is -0.994. The highest BCUT2D eigenvalue weighted by Crippen LogP contribution is 2.40. The number of nitrogen functional groups attached to an aromatic ring is 1. The molecule has 0 amide bonds. The lowest BCUT2D eigenvalue weighted by Gasteiger charge is -2.35. The van der Waals surface area contributed by atoms with E-state index in [4.69, 9.17) is 5.73 Å². The first-order valence-electron chi connectivity index (χ1n) is 13.2. The molecular weight excluding hydrogens is 504 g/mol. The van der Waals surface area contributed by atoms with Crippen LogP contribution in [0.3, 0.4) is 0 Å². The van der Waals surface area contributed by atoms with Crippen molar-refractivity contribution >= 4 is 23.5 Å². The molecule has 1 aliphatic heterocycles. The van der Waals surface area contributed by atoms with Crippen LogP contribution in [-0.2, 0) is 4.79 Å².